The number of amides is 3. The van der Waals surface area contributed by atoms with Crippen LogP contribution in [0.4, 0.5) is 16.2 Å². The maximum absolute atomic E-state index is 12.7. The molecule has 2 rings (SSSR count). The van der Waals surface area contributed by atoms with Gasteiger partial charge in [-0.1, -0.05) is 13.8 Å². The first kappa shape index (κ1) is 24.0. The summed E-state index contributed by atoms with van der Waals surface area (Å²) >= 11 is 0. The zero-order valence-corrected chi connectivity index (χ0v) is 19.7. The number of anilines is 2. The van der Waals surface area contributed by atoms with E-state index in [-0.39, 0.29) is 23.3 Å². The van der Waals surface area contributed by atoms with E-state index in [9.17, 15) is 9.59 Å². The number of hydrogen-bond donors (Lipinski definition) is 2. The average molecular weight is 418 g/mol. The summed E-state index contributed by atoms with van der Waals surface area (Å²) in [5, 5.41) is 6.13. The number of nitrogens with zero attached hydrogens (tertiary/aromatic N) is 3. The molecule has 0 atom stereocenters. The van der Waals surface area contributed by atoms with E-state index in [0.29, 0.717) is 32.5 Å². The van der Waals surface area contributed by atoms with Gasteiger partial charge in [0.15, 0.2) is 0 Å². The van der Waals surface area contributed by atoms with Crippen LogP contribution in [-0.2, 0) is 4.79 Å². The summed E-state index contributed by atoms with van der Waals surface area (Å²) in [6.45, 7) is 9.09. The first-order chi connectivity index (χ1) is 14.0. The highest BCUT2D eigenvalue weighted by Crippen LogP contribution is 2.23. The molecule has 0 bridgehead atoms. The summed E-state index contributed by atoms with van der Waals surface area (Å²) in [6.07, 6.45) is 1.40. The Morgan fingerprint density at radius 2 is 1.77 bits per heavy atom. The van der Waals surface area contributed by atoms with Crippen LogP contribution in [0.2, 0.25) is 0 Å². The van der Waals surface area contributed by atoms with E-state index >= 15 is 0 Å². The van der Waals surface area contributed by atoms with Crippen LogP contribution < -0.4 is 15.5 Å². The zero-order chi connectivity index (χ0) is 22.5. The van der Waals surface area contributed by atoms with Gasteiger partial charge in [0.05, 0.1) is 0 Å². The highest BCUT2D eigenvalue weighted by molar-refractivity contribution is 5.90. The van der Waals surface area contributed by atoms with E-state index in [2.05, 4.69) is 35.4 Å². The van der Waals surface area contributed by atoms with Gasteiger partial charge in [0.1, 0.15) is 0 Å². The van der Waals surface area contributed by atoms with Crippen molar-refractivity contribution in [3.63, 3.8) is 0 Å². The van der Waals surface area contributed by atoms with Crippen LogP contribution >= 0.6 is 0 Å². The molecule has 1 aromatic rings. The fourth-order valence-corrected chi connectivity index (χ4v) is 3.99. The number of urea groups is 1. The van der Waals surface area contributed by atoms with Crippen molar-refractivity contribution in [3.8, 4) is 0 Å². The molecule has 3 amide bonds. The molecule has 0 radical (unpaired) electrons. The van der Waals surface area contributed by atoms with Gasteiger partial charge in [-0.2, -0.15) is 0 Å². The lowest BCUT2D eigenvalue weighted by molar-refractivity contribution is -0.126. The Hall–Kier alpha value is -2.28. The lowest BCUT2D eigenvalue weighted by Crippen LogP contribution is -2.46. The molecule has 0 aromatic heterocycles. The van der Waals surface area contributed by atoms with E-state index in [0.717, 1.165) is 23.5 Å². The number of likely N-dealkylation sites (tertiary alicyclic amines) is 1. The summed E-state index contributed by atoms with van der Waals surface area (Å²) < 4.78 is 0. The van der Waals surface area contributed by atoms with Crippen LogP contribution in [0.3, 0.4) is 0 Å². The van der Waals surface area contributed by atoms with Gasteiger partial charge in [0, 0.05) is 57.6 Å². The first-order valence-electron chi connectivity index (χ1n) is 10.7. The molecule has 0 aliphatic carbocycles. The van der Waals surface area contributed by atoms with Gasteiger partial charge in [0.25, 0.3) is 0 Å². The molecule has 1 aliphatic heterocycles. The van der Waals surface area contributed by atoms with Gasteiger partial charge in [-0.05, 0) is 63.0 Å². The molecule has 7 nitrogen and oxygen atoms in total. The van der Waals surface area contributed by atoms with E-state index in [4.69, 9.17) is 0 Å². The summed E-state index contributed by atoms with van der Waals surface area (Å²) in [4.78, 5) is 31.2. The van der Waals surface area contributed by atoms with Crippen molar-refractivity contribution in [2.24, 2.45) is 11.3 Å². The minimum Gasteiger partial charge on any atom is -0.378 e. The number of carbonyl (C=O) groups is 2. The van der Waals surface area contributed by atoms with Gasteiger partial charge in [0.2, 0.25) is 5.91 Å². The molecule has 0 spiro atoms. The van der Waals surface area contributed by atoms with Crippen LogP contribution in [0, 0.1) is 18.3 Å². The maximum atomic E-state index is 12.7. The lowest BCUT2D eigenvalue weighted by atomic mass is 9.91. The van der Waals surface area contributed by atoms with Gasteiger partial charge < -0.3 is 25.3 Å². The molecule has 2 N–H and O–H groups in total. The third kappa shape index (κ3) is 6.90. The van der Waals surface area contributed by atoms with Crippen LogP contribution in [-0.4, -0.2) is 76.1 Å². The molecule has 0 saturated carbocycles. The van der Waals surface area contributed by atoms with Crippen LogP contribution in [0.25, 0.3) is 0 Å². The lowest BCUT2D eigenvalue weighted by Gasteiger charge is -2.33. The highest BCUT2D eigenvalue weighted by atomic mass is 16.2. The molecule has 1 heterocycles. The molecule has 0 unspecified atom stereocenters. The summed E-state index contributed by atoms with van der Waals surface area (Å²) in [5.41, 5.74) is 2.99. The van der Waals surface area contributed by atoms with Crippen LogP contribution in [0.1, 0.15) is 32.3 Å². The standard InChI is InChI=1S/C23H39N5O2/c1-17-14-19(27(6)7)8-9-20(17)25-22(30)28-12-10-18(11-13-28)21(29)24-15-23(2,3)16-26(4)5/h8-9,14,18H,10-13,15-16H2,1-7H3,(H,24,29)(H,25,30). The zero-order valence-electron chi connectivity index (χ0n) is 19.7. The van der Waals surface area contributed by atoms with Crippen molar-refractivity contribution >= 4 is 23.3 Å². The fourth-order valence-electron chi connectivity index (χ4n) is 3.99. The van der Waals surface area contributed by atoms with Crippen molar-refractivity contribution in [1.82, 2.24) is 15.1 Å². The Morgan fingerprint density at radius 3 is 2.30 bits per heavy atom. The molecule has 1 fully saturated rings. The SMILES string of the molecule is Cc1cc(N(C)C)ccc1NC(=O)N1CCC(C(=O)NCC(C)(C)CN(C)C)CC1. The Labute approximate surface area is 181 Å². The molecule has 168 valence electrons. The topological polar surface area (TPSA) is 67.9 Å². The third-order valence-electron chi connectivity index (χ3n) is 5.61. The summed E-state index contributed by atoms with van der Waals surface area (Å²) in [7, 11) is 8.08. The number of benzene rings is 1. The predicted molar refractivity (Wildman–Crippen MR) is 124 cm³/mol. The minimum atomic E-state index is -0.0957. The first-order valence-corrected chi connectivity index (χ1v) is 10.7. The van der Waals surface area contributed by atoms with Gasteiger partial charge in [-0.3, -0.25) is 4.79 Å². The van der Waals surface area contributed by atoms with Crippen molar-refractivity contribution in [3.05, 3.63) is 23.8 Å². The molecule has 7 heteroatoms. The second-order valence-corrected chi connectivity index (χ2v) is 9.70. The van der Waals surface area contributed by atoms with Crippen LogP contribution in [0.5, 0.6) is 0 Å². The fraction of sp³-hybridized carbons (Fsp3) is 0.652. The van der Waals surface area contributed by atoms with Crippen molar-refractivity contribution in [1.29, 1.82) is 0 Å². The smallest absolute Gasteiger partial charge is 0.321 e. The van der Waals surface area contributed by atoms with Crippen molar-refractivity contribution in [2.75, 3.05) is 64.6 Å². The van der Waals surface area contributed by atoms with Gasteiger partial charge >= 0.3 is 6.03 Å². The van der Waals surface area contributed by atoms with Crippen LogP contribution in [0.15, 0.2) is 18.2 Å². The monoisotopic (exact) mass is 417 g/mol. The number of hydrogen-bond acceptors (Lipinski definition) is 4. The molecule has 1 aliphatic rings. The summed E-state index contributed by atoms with van der Waals surface area (Å²) in [5.74, 6) is 0.0855. The molecular weight excluding hydrogens is 378 g/mol. The second-order valence-electron chi connectivity index (χ2n) is 9.70. The van der Waals surface area contributed by atoms with Crippen molar-refractivity contribution < 1.29 is 9.59 Å². The van der Waals surface area contributed by atoms with E-state index in [1.54, 1.807) is 4.90 Å². The normalized spacial score (nSPS) is 15.3. The Bertz CT molecular complexity index is 737. The highest BCUT2D eigenvalue weighted by Gasteiger charge is 2.29. The quantitative estimate of drug-likeness (QED) is 0.716. The third-order valence-corrected chi connectivity index (χ3v) is 5.61. The Morgan fingerprint density at radius 1 is 1.13 bits per heavy atom. The predicted octanol–water partition coefficient (Wildman–Crippen LogP) is 3.01. The number of rotatable bonds is 7. The van der Waals surface area contributed by atoms with E-state index in [1.807, 2.05) is 52.1 Å². The number of nitrogens with one attached hydrogen (secondary N) is 2. The molecular formula is C23H39N5O2. The second kappa shape index (κ2) is 10.2. The van der Waals surface area contributed by atoms with Gasteiger partial charge in [-0.25, -0.2) is 4.79 Å². The Kier molecular flexibility index (Phi) is 8.12. The molecule has 1 aromatic carbocycles. The minimum absolute atomic E-state index is 0.0229. The van der Waals surface area contributed by atoms with E-state index < -0.39 is 0 Å². The van der Waals surface area contributed by atoms with Crippen molar-refractivity contribution in [2.45, 2.75) is 33.6 Å². The summed E-state index contributed by atoms with van der Waals surface area (Å²) in [6, 6.07) is 5.90. The molecule has 30 heavy (non-hydrogen) atoms. The number of carbonyl (C=O) groups excluding carboxylic acids is 2. The molecule has 1 saturated heterocycles. The maximum Gasteiger partial charge on any atom is 0.321 e. The largest absolute Gasteiger partial charge is 0.378 e. The van der Waals surface area contributed by atoms with Gasteiger partial charge in [-0.15, -0.1) is 0 Å². The number of aryl methyl sites for hydroxylation is 1. The average Bonchev–Trinajstić information content (AvgIpc) is 2.66. The Balaban J connectivity index is 1.82. The van der Waals surface area contributed by atoms with E-state index in [1.165, 1.54) is 0 Å². The number of piperidine rings is 1.